The van der Waals surface area contributed by atoms with Crippen LogP contribution in [0.1, 0.15) is 43.2 Å². The molecule has 1 aromatic rings. The quantitative estimate of drug-likeness (QED) is 0.792. The van der Waals surface area contributed by atoms with Crippen molar-refractivity contribution >= 4 is 30.1 Å². The van der Waals surface area contributed by atoms with Gasteiger partial charge in [-0.25, -0.2) is 0 Å². The lowest BCUT2D eigenvalue weighted by Crippen LogP contribution is -2.39. The summed E-state index contributed by atoms with van der Waals surface area (Å²) in [6.45, 7) is 2.75. The lowest BCUT2D eigenvalue weighted by Gasteiger charge is -2.28. The maximum Gasteiger partial charge on any atom is 0.220 e. The molecule has 23 heavy (non-hydrogen) atoms. The van der Waals surface area contributed by atoms with Crippen molar-refractivity contribution in [2.45, 2.75) is 62.6 Å². The van der Waals surface area contributed by atoms with E-state index in [0.717, 1.165) is 0 Å². The lowest BCUT2D eigenvalue weighted by molar-refractivity contribution is -0.122. The molecular weight excluding hydrogens is 328 g/mol. The van der Waals surface area contributed by atoms with E-state index in [1.165, 1.54) is 41.7 Å². The second-order valence-electron chi connectivity index (χ2n) is 6.77. The molecule has 2 aliphatic rings. The molecule has 2 N–H and O–H groups in total. The Balaban J connectivity index is 0.00000192. The molecule has 2 atom stereocenters. The largest absolute Gasteiger partial charge is 0.352 e. The van der Waals surface area contributed by atoms with Crippen molar-refractivity contribution in [3.63, 3.8) is 0 Å². The number of carbonyl (C=O) groups excluding carboxylic acids is 1. The van der Waals surface area contributed by atoms with E-state index in [-0.39, 0.29) is 18.3 Å². The Morgan fingerprint density at radius 2 is 2.00 bits per heavy atom. The Hall–Kier alpha value is -0.710. The number of fused-ring (bicyclic) bond motifs is 2. The molecule has 0 spiro atoms. The van der Waals surface area contributed by atoms with E-state index >= 15 is 0 Å². The second kappa shape index (κ2) is 8.41. The zero-order chi connectivity index (χ0) is 15.5. The molecule has 3 nitrogen and oxygen atoms in total. The summed E-state index contributed by atoms with van der Waals surface area (Å²) in [5, 5.41) is 6.76. The van der Waals surface area contributed by atoms with Gasteiger partial charge in [-0.1, -0.05) is 12.1 Å². The minimum absolute atomic E-state index is 0. The van der Waals surface area contributed by atoms with Crippen LogP contribution in [0.25, 0.3) is 0 Å². The van der Waals surface area contributed by atoms with Crippen LogP contribution in [0, 0.1) is 12.8 Å². The Bertz CT molecular complexity index is 540. The highest BCUT2D eigenvalue weighted by Gasteiger charge is 2.34. The van der Waals surface area contributed by atoms with Crippen molar-refractivity contribution in [1.29, 1.82) is 0 Å². The number of amides is 1. The fraction of sp³-hybridized carbons (Fsp3) is 0.611. The first-order valence-electron chi connectivity index (χ1n) is 8.30. The fourth-order valence-electron chi connectivity index (χ4n) is 3.87. The number of nitrogens with one attached hydrogen (secondary N) is 2. The lowest BCUT2D eigenvalue weighted by atomic mass is 9.89. The molecule has 2 saturated heterocycles. The van der Waals surface area contributed by atoms with Crippen LogP contribution in [0.4, 0.5) is 0 Å². The van der Waals surface area contributed by atoms with E-state index < -0.39 is 0 Å². The summed E-state index contributed by atoms with van der Waals surface area (Å²) in [5.74, 6) is 0.774. The summed E-state index contributed by atoms with van der Waals surface area (Å²) in [7, 11) is 0. The zero-order valence-corrected chi connectivity index (χ0v) is 15.6. The molecule has 5 heteroatoms. The normalized spacial score (nSPS) is 25.7. The molecule has 0 aliphatic carbocycles. The Labute approximate surface area is 149 Å². The minimum Gasteiger partial charge on any atom is -0.352 e. The minimum atomic E-state index is 0. The van der Waals surface area contributed by atoms with Gasteiger partial charge in [0.2, 0.25) is 5.91 Å². The summed E-state index contributed by atoms with van der Waals surface area (Å²) in [4.78, 5) is 13.5. The van der Waals surface area contributed by atoms with Crippen LogP contribution >= 0.6 is 24.2 Å². The molecule has 1 amide bonds. The van der Waals surface area contributed by atoms with E-state index in [2.05, 4.69) is 42.0 Å². The fourth-order valence-corrected chi connectivity index (χ4v) is 4.57. The number of hydrogen-bond donors (Lipinski definition) is 2. The second-order valence-corrected chi connectivity index (χ2v) is 7.62. The number of piperidine rings is 1. The molecule has 3 rings (SSSR count). The summed E-state index contributed by atoms with van der Waals surface area (Å²) < 4.78 is 0. The van der Waals surface area contributed by atoms with E-state index in [1.807, 2.05) is 0 Å². The number of hydrogen-bond acceptors (Lipinski definition) is 3. The Morgan fingerprint density at radius 1 is 1.30 bits per heavy atom. The number of thioether (sulfide) groups is 1. The van der Waals surface area contributed by atoms with Crippen LogP contribution in [0.15, 0.2) is 23.1 Å². The average molecular weight is 355 g/mol. The van der Waals surface area contributed by atoms with Gasteiger partial charge in [-0.2, -0.15) is 0 Å². The maximum absolute atomic E-state index is 12.2. The van der Waals surface area contributed by atoms with Gasteiger partial charge in [-0.15, -0.1) is 24.2 Å². The molecule has 0 aromatic heterocycles. The first-order chi connectivity index (χ1) is 10.6. The summed E-state index contributed by atoms with van der Waals surface area (Å²) >= 11 is 1.75. The third-order valence-corrected chi connectivity index (χ3v) is 5.78. The molecule has 2 bridgehead atoms. The van der Waals surface area contributed by atoms with Crippen molar-refractivity contribution in [3.8, 4) is 0 Å². The Morgan fingerprint density at radius 3 is 2.65 bits per heavy atom. The van der Waals surface area contributed by atoms with Gasteiger partial charge in [-0.05, 0) is 62.0 Å². The first-order valence-corrected chi connectivity index (χ1v) is 9.53. The van der Waals surface area contributed by atoms with Gasteiger partial charge in [0.25, 0.3) is 0 Å². The summed E-state index contributed by atoms with van der Waals surface area (Å²) in [5.41, 5.74) is 2.49. The molecular formula is C18H27ClN2OS. The molecule has 0 radical (unpaired) electrons. The number of aryl methyl sites for hydroxylation is 1. The van der Waals surface area contributed by atoms with Gasteiger partial charge in [0, 0.05) is 29.9 Å². The van der Waals surface area contributed by atoms with Crippen LogP contribution in [0.3, 0.4) is 0 Å². The van der Waals surface area contributed by atoms with Crippen LogP contribution < -0.4 is 10.6 Å². The highest BCUT2D eigenvalue weighted by Crippen LogP contribution is 2.32. The van der Waals surface area contributed by atoms with E-state index in [0.29, 0.717) is 31.0 Å². The van der Waals surface area contributed by atoms with Crippen molar-refractivity contribution in [1.82, 2.24) is 10.6 Å². The van der Waals surface area contributed by atoms with Gasteiger partial charge >= 0.3 is 0 Å². The van der Waals surface area contributed by atoms with Gasteiger partial charge in [0.15, 0.2) is 0 Å². The predicted octanol–water partition coefficient (Wildman–Crippen LogP) is 3.68. The smallest absolute Gasteiger partial charge is 0.220 e. The predicted molar refractivity (Wildman–Crippen MR) is 99.3 cm³/mol. The molecule has 2 heterocycles. The molecule has 0 saturated carbocycles. The number of halogens is 1. The molecule has 1 aromatic carbocycles. The first kappa shape index (κ1) is 18.6. The third kappa shape index (κ3) is 4.88. The number of benzene rings is 1. The zero-order valence-electron chi connectivity index (χ0n) is 13.9. The molecule has 2 unspecified atom stereocenters. The van der Waals surface area contributed by atoms with Gasteiger partial charge < -0.3 is 10.6 Å². The monoisotopic (exact) mass is 354 g/mol. The van der Waals surface area contributed by atoms with Crippen molar-refractivity contribution in [2.75, 3.05) is 6.26 Å². The SMILES string of the molecule is CSc1cc(C)ccc1CNC(=O)CC1CC2CCC(C1)N2.Cl. The molecule has 128 valence electrons. The standard InChI is InChI=1S/C18H26N2OS.ClH/c1-12-3-4-14(17(7-12)22-2)11-19-18(21)10-13-8-15-5-6-16(9-13)20-15;/h3-4,7,13,15-16,20H,5-6,8-11H2,1-2H3,(H,19,21);1H. The van der Waals surface area contributed by atoms with Crippen molar-refractivity contribution < 1.29 is 4.79 Å². The van der Waals surface area contributed by atoms with Crippen molar-refractivity contribution in [3.05, 3.63) is 29.3 Å². The van der Waals surface area contributed by atoms with Gasteiger partial charge in [0.05, 0.1) is 0 Å². The highest BCUT2D eigenvalue weighted by atomic mass is 35.5. The van der Waals surface area contributed by atoms with Crippen LogP contribution in [-0.4, -0.2) is 24.2 Å². The third-order valence-electron chi connectivity index (χ3n) is 4.96. The Kier molecular flexibility index (Phi) is 6.81. The van der Waals surface area contributed by atoms with Gasteiger partial charge in [-0.3, -0.25) is 4.79 Å². The summed E-state index contributed by atoms with van der Waals surface area (Å²) in [6, 6.07) is 7.77. The maximum atomic E-state index is 12.2. The van der Waals surface area contributed by atoms with E-state index in [4.69, 9.17) is 0 Å². The van der Waals surface area contributed by atoms with Crippen LogP contribution in [0.5, 0.6) is 0 Å². The van der Waals surface area contributed by atoms with E-state index in [9.17, 15) is 4.79 Å². The van der Waals surface area contributed by atoms with Gasteiger partial charge in [0.1, 0.15) is 0 Å². The molecule has 2 fully saturated rings. The van der Waals surface area contributed by atoms with Crippen LogP contribution in [0.2, 0.25) is 0 Å². The summed E-state index contributed by atoms with van der Waals surface area (Å²) in [6.07, 6.45) is 7.71. The number of rotatable bonds is 5. The molecule has 2 aliphatic heterocycles. The highest BCUT2D eigenvalue weighted by molar-refractivity contribution is 7.98. The number of carbonyl (C=O) groups is 1. The van der Waals surface area contributed by atoms with E-state index in [1.54, 1.807) is 11.8 Å². The average Bonchev–Trinajstić information content (AvgIpc) is 2.84. The van der Waals surface area contributed by atoms with Crippen molar-refractivity contribution in [2.24, 2.45) is 5.92 Å². The van der Waals surface area contributed by atoms with Crippen LogP contribution in [-0.2, 0) is 11.3 Å². The topological polar surface area (TPSA) is 41.1 Å².